The highest BCUT2D eigenvalue weighted by Gasteiger charge is 2.41. The number of benzene rings is 2. The predicted octanol–water partition coefficient (Wildman–Crippen LogP) is 5.94. The first kappa shape index (κ1) is 24.2. The fourth-order valence-corrected chi connectivity index (χ4v) is 5.20. The number of hydrogen-bond donors (Lipinski definition) is 2. The molecule has 0 unspecified atom stereocenters. The normalized spacial score (nSPS) is 17.2. The van der Waals surface area contributed by atoms with Crippen molar-refractivity contribution in [3.05, 3.63) is 113 Å². The van der Waals surface area contributed by atoms with Crippen molar-refractivity contribution in [3.8, 4) is 5.69 Å². The average molecular weight is 561 g/mol. The molecule has 1 amide bonds. The lowest BCUT2D eigenvalue weighted by atomic mass is 10.0. The fourth-order valence-electron chi connectivity index (χ4n) is 4.61. The number of carbonyl (C=O) groups is 1. The summed E-state index contributed by atoms with van der Waals surface area (Å²) in [4.78, 5) is 19.6. The van der Waals surface area contributed by atoms with Gasteiger partial charge in [-0.1, -0.05) is 34.1 Å². The second kappa shape index (κ2) is 10.6. The van der Waals surface area contributed by atoms with Crippen LogP contribution in [0.1, 0.15) is 35.5 Å². The van der Waals surface area contributed by atoms with E-state index in [4.69, 9.17) is 12.2 Å². The zero-order valence-electron chi connectivity index (χ0n) is 19.8. The Hall–Kier alpha value is -3.49. The molecule has 1 saturated heterocycles. The first-order valence-electron chi connectivity index (χ1n) is 11.8. The molecular weight excluding hydrogens is 534 g/mol. The van der Waals surface area contributed by atoms with Crippen LogP contribution in [0.15, 0.2) is 95.7 Å². The van der Waals surface area contributed by atoms with Gasteiger partial charge in [-0.2, -0.15) is 0 Å². The average Bonchev–Trinajstić information content (AvgIpc) is 3.48. The van der Waals surface area contributed by atoms with E-state index >= 15 is 0 Å². The number of anilines is 1. The molecule has 0 bridgehead atoms. The number of aryl methyl sites for hydroxylation is 1. The number of carbonyl (C=O) groups excluding carboxylic acids is 1. The number of rotatable bonds is 7. The van der Waals surface area contributed by atoms with E-state index in [1.165, 1.54) is 0 Å². The van der Waals surface area contributed by atoms with Crippen molar-refractivity contribution in [2.75, 3.05) is 11.9 Å². The van der Waals surface area contributed by atoms with Crippen molar-refractivity contribution in [1.29, 1.82) is 0 Å². The van der Waals surface area contributed by atoms with Crippen molar-refractivity contribution >= 4 is 44.9 Å². The number of hydrogen-bond acceptors (Lipinski definition) is 3. The highest BCUT2D eigenvalue weighted by atomic mass is 79.9. The summed E-state index contributed by atoms with van der Waals surface area (Å²) in [5.41, 5.74) is 4.92. The number of pyridine rings is 1. The first-order chi connectivity index (χ1) is 17.5. The second-order valence-electron chi connectivity index (χ2n) is 8.77. The maximum Gasteiger partial charge on any atom is 0.226 e. The van der Waals surface area contributed by atoms with E-state index in [-0.39, 0.29) is 18.0 Å². The Kier molecular flexibility index (Phi) is 7.16. The molecule has 2 aromatic heterocycles. The van der Waals surface area contributed by atoms with E-state index in [0.29, 0.717) is 18.1 Å². The van der Waals surface area contributed by atoms with E-state index in [9.17, 15) is 4.79 Å². The van der Waals surface area contributed by atoms with Gasteiger partial charge in [0.1, 0.15) is 0 Å². The van der Waals surface area contributed by atoms with E-state index in [1.807, 2.05) is 67.6 Å². The standard InChI is InChI=1S/C28H26BrN5OS/c1-19-6-4-7-21(18-19)31-25(35)14-17-34-27(26(32-28(34)36)23-8-2-3-15-30-23)24-9-5-16-33(24)22-12-10-20(29)11-13-22/h2-13,15-16,18,26-27H,14,17H2,1H3,(H,31,35)(H,32,36)/t26-,27-/m0/s1. The third kappa shape index (κ3) is 5.20. The van der Waals surface area contributed by atoms with Crippen LogP contribution >= 0.6 is 28.1 Å². The minimum atomic E-state index is -0.150. The predicted molar refractivity (Wildman–Crippen MR) is 150 cm³/mol. The lowest BCUT2D eigenvalue weighted by Gasteiger charge is -2.29. The molecular formula is C28H26BrN5OS. The minimum absolute atomic E-state index is 0.0493. The molecule has 0 radical (unpaired) electrons. The molecule has 36 heavy (non-hydrogen) atoms. The number of aromatic nitrogens is 2. The van der Waals surface area contributed by atoms with Crippen molar-refractivity contribution in [3.63, 3.8) is 0 Å². The molecule has 1 fully saturated rings. The van der Waals surface area contributed by atoms with Gasteiger partial charge in [-0.05, 0) is 85.4 Å². The number of halogens is 1. The van der Waals surface area contributed by atoms with Crippen molar-refractivity contribution in [2.24, 2.45) is 0 Å². The van der Waals surface area contributed by atoms with Gasteiger partial charge in [0.15, 0.2) is 5.11 Å². The van der Waals surface area contributed by atoms with E-state index in [1.54, 1.807) is 6.20 Å². The van der Waals surface area contributed by atoms with Crippen LogP contribution in [0.2, 0.25) is 0 Å². The van der Waals surface area contributed by atoms with E-state index in [0.717, 1.165) is 32.8 Å². The molecule has 8 heteroatoms. The molecule has 4 aromatic rings. The quantitative estimate of drug-likeness (QED) is 0.274. The molecule has 1 aliphatic heterocycles. The van der Waals surface area contributed by atoms with Crippen LogP contribution in [0.25, 0.3) is 5.69 Å². The van der Waals surface area contributed by atoms with Gasteiger partial charge in [0.05, 0.1) is 17.8 Å². The molecule has 2 N–H and O–H groups in total. The van der Waals surface area contributed by atoms with Gasteiger partial charge < -0.3 is 20.1 Å². The Morgan fingerprint density at radius 1 is 1.08 bits per heavy atom. The fraction of sp³-hybridized carbons (Fsp3) is 0.179. The van der Waals surface area contributed by atoms with Crippen LogP contribution in [0.4, 0.5) is 5.69 Å². The Bertz CT molecular complexity index is 1370. The van der Waals surface area contributed by atoms with Gasteiger partial charge in [-0.3, -0.25) is 9.78 Å². The Morgan fingerprint density at radius 2 is 1.92 bits per heavy atom. The zero-order valence-corrected chi connectivity index (χ0v) is 22.2. The molecule has 1 aliphatic rings. The molecule has 0 saturated carbocycles. The van der Waals surface area contributed by atoms with Crippen LogP contribution in [0.5, 0.6) is 0 Å². The number of nitrogens with one attached hydrogen (secondary N) is 2. The summed E-state index contributed by atoms with van der Waals surface area (Å²) in [7, 11) is 0. The summed E-state index contributed by atoms with van der Waals surface area (Å²) >= 11 is 9.31. The van der Waals surface area contributed by atoms with Gasteiger partial charge in [0, 0.05) is 46.9 Å². The third-order valence-corrected chi connectivity index (χ3v) is 7.15. The highest BCUT2D eigenvalue weighted by Crippen LogP contribution is 2.39. The minimum Gasteiger partial charge on any atom is -0.352 e. The molecule has 6 nitrogen and oxygen atoms in total. The van der Waals surface area contributed by atoms with E-state index in [2.05, 4.69) is 65.4 Å². The SMILES string of the molecule is Cc1cccc(NC(=O)CCN2C(=S)N[C@@H](c3ccccn3)[C@@H]2c2cccn2-c2ccc(Br)cc2)c1. The number of thiocarbonyl (C=S) groups is 1. The molecule has 0 spiro atoms. The summed E-state index contributed by atoms with van der Waals surface area (Å²) in [6.45, 7) is 2.48. The van der Waals surface area contributed by atoms with Gasteiger partial charge in [0.2, 0.25) is 5.91 Å². The highest BCUT2D eigenvalue weighted by molar-refractivity contribution is 9.10. The molecule has 2 aromatic carbocycles. The Morgan fingerprint density at radius 3 is 2.67 bits per heavy atom. The summed E-state index contributed by atoms with van der Waals surface area (Å²) in [6.07, 6.45) is 4.15. The van der Waals surface area contributed by atoms with Gasteiger partial charge in [-0.15, -0.1) is 0 Å². The van der Waals surface area contributed by atoms with Crippen molar-refractivity contribution in [1.82, 2.24) is 19.8 Å². The summed E-state index contributed by atoms with van der Waals surface area (Å²) < 4.78 is 3.19. The summed E-state index contributed by atoms with van der Waals surface area (Å²) in [5.74, 6) is -0.0493. The Labute approximate surface area is 224 Å². The molecule has 5 rings (SSSR count). The van der Waals surface area contributed by atoms with Gasteiger partial charge in [0.25, 0.3) is 0 Å². The molecule has 2 atom stereocenters. The van der Waals surface area contributed by atoms with Gasteiger partial charge >= 0.3 is 0 Å². The van der Waals surface area contributed by atoms with Crippen LogP contribution in [0, 0.1) is 6.92 Å². The molecule has 0 aliphatic carbocycles. The molecule has 182 valence electrons. The number of nitrogens with zero attached hydrogens (tertiary/aromatic N) is 3. The van der Waals surface area contributed by atoms with Gasteiger partial charge in [-0.25, -0.2) is 0 Å². The number of amides is 1. The third-order valence-electron chi connectivity index (χ3n) is 6.27. The lowest BCUT2D eigenvalue weighted by Crippen LogP contribution is -2.33. The van der Waals surface area contributed by atoms with Crippen LogP contribution in [0.3, 0.4) is 0 Å². The smallest absolute Gasteiger partial charge is 0.226 e. The summed E-state index contributed by atoms with van der Waals surface area (Å²) in [6, 6.07) is 25.8. The zero-order chi connectivity index (χ0) is 25.1. The first-order valence-corrected chi connectivity index (χ1v) is 13.0. The Balaban J connectivity index is 1.44. The van der Waals surface area contributed by atoms with E-state index < -0.39 is 0 Å². The van der Waals surface area contributed by atoms with Crippen molar-refractivity contribution < 1.29 is 4.79 Å². The monoisotopic (exact) mass is 559 g/mol. The molecule has 3 heterocycles. The van der Waals surface area contributed by atoms with Crippen LogP contribution in [-0.4, -0.2) is 32.0 Å². The largest absolute Gasteiger partial charge is 0.352 e. The second-order valence-corrected chi connectivity index (χ2v) is 10.1. The maximum atomic E-state index is 12.8. The van der Waals surface area contributed by atoms with Crippen LogP contribution in [-0.2, 0) is 4.79 Å². The summed E-state index contributed by atoms with van der Waals surface area (Å²) in [5, 5.41) is 7.09. The van der Waals surface area contributed by atoms with Crippen molar-refractivity contribution in [2.45, 2.75) is 25.4 Å². The maximum absolute atomic E-state index is 12.8. The van der Waals surface area contributed by atoms with Crippen LogP contribution < -0.4 is 10.6 Å². The topological polar surface area (TPSA) is 62.2 Å². The lowest BCUT2D eigenvalue weighted by molar-refractivity contribution is -0.116.